The summed E-state index contributed by atoms with van der Waals surface area (Å²) < 4.78 is 37.3. The Labute approximate surface area is 172 Å². The molecule has 2 amide bonds. The zero-order chi connectivity index (χ0) is 21.6. The first kappa shape index (κ1) is 22.4. The van der Waals surface area contributed by atoms with Gasteiger partial charge in [0.05, 0.1) is 23.7 Å². The standard InChI is InChI=1S/C20H21ClF2N2O4/c1-20(2,3)29-19(27)25-16-11-13(5-6-15(16)23)24-18(26)8-9-28-17-7-4-12(22)10-14(17)21/h4-7,10-11H,8-9H2,1-3H3,(H,24,26)(H,25,27). The summed E-state index contributed by atoms with van der Waals surface area (Å²) in [6.07, 6.45) is -0.843. The van der Waals surface area contributed by atoms with Crippen molar-refractivity contribution in [3.63, 3.8) is 0 Å². The van der Waals surface area contributed by atoms with Crippen molar-refractivity contribution in [1.29, 1.82) is 0 Å². The van der Waals surface area contributed by atoms with Crippen LogP contribution in [0.3, 0.4) is 0 Å². The van der Waals surface area contributed by atoms with Crippen LogP contribution in [0.2, 0.25) is 5.02 Å². The number of rotatable bonds is 6. The first-order valence-corrected chi connectivity index (χ1v) is 9.08. The first-order chi connectivity index (χ1) is 13.5. The van der Waals surface area contributed by atoms with Crippen LogP contribution in [0.1, 0.15) is 27.2 Å². The Balaban J connectivity index is 1.90. The van der Waals surface area contributed by atoms with Crippen molar-refractivity contribution in [3.05, 3.63) is 53.1 Å². The van der Waals surface area contributed by atoms with Crippen molar-refractivity contribution in [2.24, 2.45) is 0 Å². The summed E-state index contributed by atoms with van der Waals surface area (Å²) in [5.74, 6) is -1.32. The van der Waals surface area contributed by atoms with Crippen LogP contribution in [0.25, 0.3) is 0 Å². The number of ether oxygens (including phenoxy) is 2. The highest BCUT2D eigenvalue weighted by Crippen LogP contribution is 2.25. The molecule has 0 radical (unpaired) electrons. The third-order valence-corrected chi connectivity index (χ3v) is 3.66. The van der Waals surface area contributed by atoms with Crippen molar-refractivity contribution < 1.29 is 27.8 Å². The summed E-state index contributed by atoms with van der Waals surface area (Å²) in [6.45, 7) is 5.05. The van der Waals surface area contributed by atoms with Crippen LogP contribution in [0.5, 0.6) is 5.75 Å². The number of hydrogen-bond donors (Lipinski definition) is 2. The van der Waals surface area contributed by atoms with Gasteiger partial charge in [-0.25, -0.2) is 13.6 Å². The number of carbonyl (C=O) groups excluding carboxylic acids is 2. The molecule has 0 spiro atoms. The second kappa shape index (κ2) is 9.56. The van der Waals surface area contributed by atoms with Gasteiger partial charge in [0.15, 0.2) is 0 Å². The minimum absolute atomic E-state index is 0.00139. The fourth-order valence-corrected chi connectivity index (χ4v) is 2.40. The predicted octanol–water partition coefficient (Wildman–Crippen LogP) is 5.37. The number of anilines is 2. The number of halogens is 3. The van der Waals surface area contributed by atoms with Gasteiger partial charge in [-0.05, 0) is 57.2 Å². The molecule has 0 aliphatic carbocycles. The summed E-state index contributed by atoms with van der Waals surface area (Å²) >= 11 is 5.84. The molecule has 0 aliphatic heterocycles. The van der Waals surface area contributed by atoms with Gasteiger partial charge >= 0.3 is 6.09 Å². The SMILES string of the molecule is CC(C)(C)OC(=O)Nc1cc(NC(=O)CCOc2ccc(F)cc2Cl)ccc1F. The van der Waals surface area contributed by atoms with Crippen LogP contribution >= 0.6 is 11.6 Å². The van der Waals surface area contributed by atoms with Crippen molar-refractivity contribution >= 4 is 35.0 Å². The lowest BCUT2D eigenvalue weighted by Gasteiger charge is -2.20. The molecule has 0 unspecified atom stereocenters. The van der Waals surface area contributed by atoms with Gasteiger partial charge in [0, 0.05) is 5.69 Å². The molecule has 0 fully saturated rings. The maximum atomic E-state index is 13.9. The van der Waals surface area contributed by atoms with E-state index in [-0.39, 0.29) is 35.2 Å². The average Bonchev–Trinajstić information content (AvgIpc) is 2.58. The molecule has 0 saturated carbocycles. The highest BCUT2D eigenvalue weighted by molar-refractivity contribution is 6.32. The third-order valence-electron chi connectivity index (χ3n) is 3.37. The lowest BCUT2D eigenvalue weighted by Crippen LogP contribution is -2.27. The number of carbonyl (C=O) groups is 2. The Morgan fingerprint density at radius 3 is 2.45 bits per heavy atom. The molecule has 2 aromatic rings. The summed E-state index contributed by atoms with van der Waals surface area (Å²) in [7, 11) is 0. The Bertz CT molecular complexity index is 901. The molecule has 2 N–H and O–H groups in total. The first-order valence-electron chi connectivity index (χ1n) is 8.71. The molecular weight excluding hydrogens is 406 g/mol. The summed E-state index contributed by atoms with van der Waals surface area (Å²) in [4.78, 5) is 23.9. The number of hydrogen-bond acceptors (Lipinski definition) is 4. The van der Waals surface area contributed by atoms with Crippen LogP contribution in [0.15, 0.2) is 36.4 Å². The fourth-order valence-electron chi connectivity index (χ4n) is 2.18. The number of nitrogens with one attached hydrogen (secondary N) is 2. The summed E-state index contributed by atoms with van der Waals surface area (Å²) in [5, 5.41) is 4.97. The third kappa shape index (κ3) is 7.57. The van der Waals surface area contributed by atoms with E-state index in [1.54, 1.807) is 20.8 Å². The van der Waals surface area contributed by atoms with E-state index in [9.17, 15) is 18.4 Å². The zero-order valence-corrected chi connectivity index (χ0v) is 16.9. The Hall–Kier alpha value is -2.87. The van der Waals surface area contributed by atoms with Crippen molar-refractivity contribution in [2.75, 3.05) is 17.2 Å². The topological polar surface area (TPSA) is 76.7 Å². The van der Waals surface area contributed by atoms with Crippen LogP contribution < -0.4 is 15.4 Å². The van der Waals surface area contributed by atoms with Gasteiger partial charge in [-0.3, -0.25) is 10.1 Å². The van der Waals surface area contributed by atoms with E-state index in [4.69, 9.17) is 21.1 Å². The van der Waals surface area contributed by atoms with E-state index in [0.29, 0.717) is 0 Å². The Morgan fingerprint density at radius 2 is 1.79 bits per heavy atom. The molecule has 0 aliphatic rings. The van der Waals surface area contributed by atoms with Gasteiger partial charge in [-0.15, -0.1) is 0 Å². The number of benzene rings is 2. The zero-order valence-electron chi connectivity index (χ0n) is 16.1. The van der Waals surface area contributed by atoms with E-state index >= 15 is 0 Å². The monoisotopic (exact) mass is 426 g/mol. The van der Waals surface area contributed by atoms with Crippen molar-refractivity contribution in [2.45, 2.75) is 32.8 Å². The van der Waals surface area contributed by atoms with Gasteiger partial charge in [-0.1, -0.05) is 11.6 Å². The van der Waals surface area contributed by atoms with Crippen LogP contribution in [0.4, 0.5) is 25.0 Å². The van der Waals surface area contributed by atoms with Crippen molar-refractivity contribution in [1.82, 2.24) is 0 Å². The maximum absolute atomic E-state index is 13.9. The Morgan fingerprint density at radius 1 is 1.07 bits per heavy atom. The number of amides is 2. The molecule has 29 heavy (non-hydrogen) atoms. The minimum atomic E-state index is -0.815. The molecule has 0 atom stereocenters. The summed E-state index contributed by atoms with van der Waals surface area (Å²) in [5.41, 5.74) is -0.589. The fraction of sp³-hybridized carbons (Fsp3) is 0.300. The normalized spacial score (nSPS) is 11.0. The molecule has 6 nitrogen and oxygen atoms in total. The van der Waals surface area contributed by atoms with Crippen LogP contribution in [-0.4, -0.2) is 24.2 Å². The van der Waals surface area contributed by atoms with E-state index in [1.807, 2.05) is 0 Å². The van der Waals surface area contributed by atoms with E-state index in [1.165, 1.54) is 24.3 Å². The van der Waals surface area contributed by atoms with Gasteiger partial charge in [0.1, 0.15) is 23.0 Å². The van der Waals surface area contributed by atoms with Crippen LogP contribution in [-0.2, 0) is 9.53 Å². The molecule has 9 heteroatoms. The van der Waals surface area contributed by atoms with Gasteiger partial charge in [0.25, 0.3) is 0 Å². The highest BCUT2D eigenvalue weighted by atomic mass is 35.5. The second-order valence-electron chi connectivity index (χ2n) is 7.04. The largest absolute Gasteiger partial charge is 0.491 e. The molecule has 0 bridgehead atoms. The molecule has 0 heterocycles. The molecule has 2 aromatic carbocycles. The second-order valence-corrected chi connectivity index (χ2v) is 7.45. The van der Waals surface area contributed by atoms with Gasteiger partial charge in [-0.2, -0.15) is 0 Å². The average molecular weight is 427 g/mol. The molecular formula is C20H21ClF2N2O4. The van der Waals surface area contributed by atoms with E-state index < -0.39 is 29.2 Å². The molecule has 2 rings (SSSR count). The van der Waals surface area contributed by atoms with E-state index in [2.05, 4.69) is 10.6 Å². The van der Waals surface area contributed by atoms with Gasteiger partial charge < -0.3 is 14.8 Å². The maximum Gasteiger partial charge on any atom is 0.412 e. The molecule has 0 saturated heterocycles. The summed E-state index contributed by atoms with van der Waals surface area (Å²) in [6, 6.07) is 7.40. The van der Waals surface area contributed by atoms with E-state index in [0.717, 1.165) is 12.1 Å². The Kier molecular flexibility index (Phi) is 7.39. The van der Waals surface area contributed by atoms with Crippen LogP contribution in [0, 0.1) is 11.6 Å². The lowest BCUT2D eigenvalue weighted by molar-refractivity contribution is -0.116. The van der Waals surface area contributed by atoms with Crippen molar-refractivity contribution in [3.8, 4) is 5.75 Å². The smallest absolute Gasteiger partial charge is 0.412 e. The predicted molar refractivity (Wildman–Crippen MR) is 106 cm³/mol. The van der Waals surface area contributed by atoms with Gasteiger partial charge in [0.2, 0.25) is 5.91 Å². The minimum Gasteiger partial charge on any atom is -0.491 e. The molecule has 156 valence electrons. The quantitative estimate of drug-likeness (QED) is 0.650. The highest BCUT2D eigenvalue weighted by Gasteiger charge is 2.18. The molecule has 0 aromatic heterocycles. The lowest BCUT2D eigenvalue weighted by atomic mass is 10.2.